The molecule has 0 radical (unpaired) electrons. The molecule has 0 aromatic carbocycles. The minimum absolute atomic E-state index is 0. The number of nitrogens with two attached hydrogens (primary N) is 1. The number of unbranched alkanes of at least 4 members (excludes halogenated alkanes) is 2. The van der Waals surface area contributed by atoms with E-state index >= 15 is 0 Å². The summed E-state index contributed by atoms with van der Waals surface area (Å²) in [4.78, 5) is 21.8. The Morgan fingerprint density at radius 1 is 1.28 bits per heavy atom. The maximum absolute atomic E-state index is 11.6. The van der Waals surface area contributed by atoms with Crippen LogP contribution in [0.5, 0.6) is 0 Å². The minimum atomic E-state index is -0.771. The van der Waals surface area contributed by atoms with Gasteiger partial charge in [-0.3, -0.25) is 9.59 Å². The standard InChI is InChI=1S/C12H24N2O3.ClH/c1-3-9(2)11(13)12(17)14-8-6-4-5-7-10(15)16;/h9,11H,3-8,13H2,1-2H3,(H,14,17)(H,15,16);1H/t9?,11-;/m0./s1. The van der Waals surface area contributed by atoms with Gasteiger partial charge in [-0.1, -0.05) is 26.7 Å². The van der Waals surface area contributed by atoms with Crippen LogP contribution in [0.2, 0.25) is 0 Å². The Bertz CT molecular complexity index is 249. The summed E-state index contributed by atoms with van der Waals surface area (Å²) in [5.74, 6) is -0.701. The van der Waals surface area contributed by atoms with Crippen molar-refractivity contribution in [3.05, 3.63) is 0 Å². The van der Waals surface area contributed by atoms with E-state index in [1.807, 2.05) is 13.8 Å². The zero-order valence-electron chi connectivity index (χ0n) is 11.1. The summed E-state index contributed by atoms with van der Waals surface area (Å²) in [7, 11) is 0. The Morgan fingerprint density at radius 3 is 2.39 bits per heavy atom. The second-order valence-corrected chi connectivity index (χ2v) is 4.41. The molecule has 2 atom stereocenters. The number of carbonyl (C=O) groups excluding carboxylic acids is 1. The van der Waals surface area contributed by atoms with Gasteiger partial charge in [-0.05, 0) is 18.8 Å². The summed E-state index contributed by atoms with van der Waals surface area (Å²) in [6.45, 7) is 4.53. The molecule has 0 saturated carbocycles. The fourth-order valence-electron chi connectivity index (χ4n) is 1.42. The number of carboxylic acid groups (broad SMARTS) is 1. The molecule has 0 aromatic heterocycles. The highest BCUT2D eigenvalue weighted by Crippen LogP contribution is 2.05. The number of amides is 1. The molecular weight excluding hydrogens is 256 g/mol. The molecule has 0 heterocycles. The third-order valence-electron chi connectivity index (χ3n) is 2.93. The molecule has 0 aliphatic heterocycles. The fourth-order valence-corrected chi connectivity index (χ4v) is 1.42. The second-order valence-electron chi connectivity index (χ2n) is 4.41. The van der Waals surface area contributed by atoms with Gasteiger partial charge in [-0.25, -0.2) is 0 Å². The molecule has 0 bridgehead atoms. The van der Waals surface area contributed by atoms with E-state index in [4.69, 9.17) is 10.8 Å². The van der Waals surface area contributed by atoms with Gasteiger partial charge < -0.3 is 16.2 Å². The Balaban J connectivity index is 0. The molecule has 1 unspecified atom stereocenters. The van der Waals surface area contributed by atoms with Gasteiger partial charge in [0.15, 0.2) is 0 Å². The number of aliphatic carboxylic acids is 1. The van der Waals surface area contributed by atoms with E-state index in [1.165, 1.54) is 0 Å². The largest absolute Gasteiger partial charge is 0.481 e. The number of carboxylic acids is 1. The fraction of sp³-hybridized carbons (Fsp3) is 0.833. The normalized spacial score (nSPS) is 13.3. The van der Waals surface area contributed by atoms with Crippen LogP contribution in [0.15, 0.2) is 0 Å². The smallest absolute Gasteiger partial charge is 0.303 e. The van der Waals surface area contributed by atoms with Crippen molar-refractivity contribution < 1.29 is 14.7 Å². The van der Waals surface area contributed by atoms with E-state index in [0.717, 1.165) is 19.3 Å². The third kappa shape index (κ3) is 9.24. The molecule has 6 heteroatoms. The predicted molar refractivity (Wildman–Crippen MR) is 73.8 cm³/mol. The van der Waals surface area contributed by atoms with E-state index < -0.39 is 12.0 Å². The van der Waals surface area contributed by atoms with Crippen molar-refractivity contribution in [2.45, 2.75) is 52.0 Å². The second kappa shape index (κ2) is 11.3. The topological polar surface area (TPSA) is 92.4 Å². The third-order valence-corrected chi connectivity index (χ3v) is 2.93. The average molecular weight is 281 g/mol. The van der Waals surface area contributed by atoms with Crippen molar-refractivity contribution in [3.8, 4) is 0 Å². The van der Waals surface area contributed by atoms with Gasteiger partial charge in [0.2, 0.25) is 5.91 Å². The van der Waals surface area contributed by atoms with Crippen LogP contribution in [0.4, 0.5) is 0 Å². The van der Waals surface area contributed by atoms with Crippen LogP contribution in [0.3, 0.4) is 0 Å². The first-order chi connectivity index (χ1) is 7.99. The van der Waals surface area contributed by atoms with Crippen LogP contribution >= 0.6 is 12.4 Å². The van der Waals surface area contributed by atoms with Crippen molar-refractivity contribution in [1.82, 2.24) is 5.32 Å². The van der Waals surface area contributed by atoms with Gasteiger partial charge in [0, 0.05) is 13.0 Å². The van der Waals surface area contributed by atoms with Gasteiger partial charge in [0.05, 0.1) is 6.04 Å². The Kier molecular flexibility index (Phi) is 12.2. The van der Waals surface area contributed by atoms with Crippen molar-refractivity contribution in [2.75, 3.05) is 6.54 Å². The monoisotopic (exact) mass is 280 g/mol. The average Bonchev–Trinajstić information content (AvgIpc) is 2.30. The van der Waals surface area contributed by atoms with Crippen molar-refractivity contribution in [3.63, 3.8) is 0 Å². The molecule has 5 nitrogen and oxygen atoms in total. The SMILES string of the molecule is CCC(C)[C@H](N)C(=O)NCCCCCC(=O)O.Cl. The summed E-state index contributed by atoms with van der Waals surface area (Å²) >= 11 is 0. The van der Waals surface area contributed by atoms with Crippen LogP contribution in [0.1, 0.15) is 46.0 Å². The van der Waals surface area contributed by atoms with Crippen molar-refractivity contribution in [1.29, 1.82) is 0 Å². The van der Waals surface area contributed by atoms with E-state index in [-0.39, 0.29) is 30.7 Å². The molecule has 0 aromatic rings. The lowest BCUT2D eigenvalue weighted by Gasteiger charge is -2.17. The molecule has 4 N–H and O–H groups in total. The van der Waals surface area contributed by atoms with E-state index in [9.17, 15) is 9.59 Å². The highest BCUT2D eigenvalue weighted by atomic mass is 35.5. The number of hydrogen-bond donors (Lipinski definition) is 3. The Hall–Kier alpha value is -0.810. The summed E-state index contributed by atoms with van der Waals surface area (Å²) in [5, 5.41) is 11.2. The van der Waals surface area contributed by atoms with Crippen LogP contribution < -0.4 is 11.1 Å². The predicted octanol–water partition coefficient (Wildman–Crippen LogP) is 1.54. The molecule has 0 spiro atoms. The Morgan fingerprint density at radius 2 is 1.89 bits per heavy atom. The van der Waals surface area contributed by atoms with Gasteiger partial charge in [0.1, 0.15) is 0 Å². The maximum Gasteiger partial charge on any atom is 0.303 e. The number of rotatable bonds is 9. The number of hydrogen-bond acceptors (Lipinski definition) is 3. The number of halogens is 1. The molecule has 0 fully saturated rings. The lowest BCUT2D eigenvalue weighted by atomic mass is 9.99. The lowest BCUT2D eigenvalue weighted by molar-refractivity contribution is -0.137. The van der Waals surface area contributed by atoms with Crippen LogP contribution in [-0.2, 0) is 9.59 Å². The van der Waals surface area contributed by atoms with Gasteiger partial charge in [-0.15, -0.1) is 12.4 Å². The van der Waals surface area contributed by atoms with E-state index in [1.54, 1.807) is 0 Å². The highest BCUT2D eigenvalue weighted by Gasteiger charge is 2.18. The first-order valence-corrected chi connectivity index (χ1v) is 6.24. The lowest BCUT2D eigenvalue weighted by Crippen LogP contribution is -2.44. The molecule has 0 aliphatic rings. The summed E-state index contributed by atoms with van der Waals surface area (Å²) in [6, 6.07) is -0.445. The summed E-state index contributed by atoms with van der Waals surface area (Å²) < 4.78 is 0. The molecular formula is C12H25ClN2O3. The van der Waals surface area contributed by atoms with Crippen LogP contribution in [0, 0.1) is 5.92 Å². The van der Waals surface area contributed by atoms with Gasteiger partial charge in [-0.2, -0.15) is 0 Å². The van der Waals surface area contributed by atoms with E-state index in [0.29, 0.717) is 13.0 Å². The molecule has 0 saturated heterocycles. The van der Waals surface area contributed by atoms with Crippen molar-refractivity contribution >= 4 is 24.3 Å². The number of carbonyl (C=O) groups is 2. The molecule has 108 valence electrons. The van der Waals surface area contributed by atoms with Gasteiger partial charge in [0.25, 0.3) is 0 Å². The van der Waals surface area contributed by atoms with Crippen LogP contribution in [-0.4, -0.2) is 29.6 Å². The molecule has 0 rings (SSSR count). The van der Waals surface area contributed by atoms with Gasteiger partial charge >= 0.3 is 5.97 Å². The maximum atomic E-state index is 11.6. The summed E-state index contributed by atoms with van der Waals surface area (Å²) in [6.07, 6.45) is 3.34. The molecule has 0 aliphatic carbocycles. The highest BCUT2D eigenvalue weighted by molar-refractivity contribution is 5.85. The zero-order valence-corrected chi connectivity index (χ0v) is 12.0. The zero-order chi connectivity index (χ0) is 13.3. The molecule has 18 heavy (non-hydrogen) atoms. The van der Waals surface area contributed by atoms with E-state index in [2.05, 4.69) is 5.32 Å². The minimum Gasteiger partial charge on any atom is -0.481 e. The number of nitrogens with one attached hydrogen (secondary N) is 1. The first kappa shape index (κ1) is 19.5. The van der Waals surface area contributed by atoms with Crippen LogP contribution in [0.25, 0.3) is 0 Å². The van der Waals surface area contributed by atoms with Crippen molar-refractivity contribution in [2.24, 2.45) is 11.7 Å². The quantitative estimate of drug-likeness (QED) is 0.559. The molecule has 1 amide bonds. The first-order valence-electron chi connectivity index (χ1n) is 6.24. The Labute approximate surface area is 115 Å². The summed E-state index contributed by atoms with van der Waals surface area (Å²) in [5.41, 5.74) is 5.76.